The summed E-state index contributed by atoms with van der Waals surface area (Å²) < 4.78 is 0. The number of carbonyl (C=O) groups is 1. The van der Waals surface area contributed by atoms with Crippen LogP contribution >= 0.6 is 0 Å². The molecule has 4 aliphatic rings. The SMILES string of the molecule is NCCCCCC(=O)NC12CC3CC(CC(C3)C1)C2. The second-order valence-corrected chi connectivity index (χ2v) is 7.35. The third-order valence-corrected chi connectivity index (χ3v) is 5.55. The van der Waals surface area contributed by atoms with E-state index >= 15 is 0 Å². The van der Waals surface area contributed by atoms with Gasteiger partial charge in [0.05, 0.1) is 0 Å². The molecule has 0 aliphatic heterocycles. The Morgan fingerprint density at radius 1 is 1.00 bits per heavy atom. The Kier molecular flexibility index (Phi) is 3.84. The third-order valence-electron chi connectivity index (χ3n) is 5.55. The molecule has 1 amide bonds. The summed E-state index contributed by atoms with van der Waals surface area (Å²) in [6.45, 7) is 0.747. The fourth-order valence-corrected chi connectivity index (χ4v) is 5.23. The van der Waals surface area contributed by atoms with Crippen LogP contribution in [0.25, 0.3) is 0 Å². The van der Waals surface area contributed by atoms with E-state index in [4.69, 9.17) is 5.73 Å². The molecule has 0 unspecified atom stereocenters. The molecule has 108 valence electrons. The van der Waals surface area contributed by atoms with Gasteiger partial charge in [-0.05, 0) is 75.7 Å². The summed E-state index contributed by atoms with van der Waals surface area (Å²) in [5, 5.41) is 3.43. The molecule has 0 atom stereocenters. The minimum Gasteiger partial charge on any atom is -0.351 e. The van der Waals surface area contributed by atoms with Crippen molar-refractivity contribution in [3.8, 4) is 0 Å². The lowest BCUT2D eigenvalue weighted by atomic mass is 9.53. The molecular weight excluding hydrogens is 236 g/mol. The molecule has 4 fully saturated rings. The Bertz CT molecular complexity index is 304. The monoisotopic (exact) mass is 264 g/mol. The largest absolute Gasteiger partial charge is 0.351 e. The lowest BCUT2D eigenvalue weighted by molar-refractivity contribution is -0.127. The van der Waals surface area contributed by atoms with Crippen LogP contribution in [0.2, 0.25) is 0 Å². The molecule has 4 bridgehead atoms. The molecule has 4 aliphatic carbocycles. The Balaban J connectivity index is 1.50. The van der Waals surface area contributed by atoms with Crippen molar-refractivity contribution in [1.29, 1.82) is 0 Å². The standard InChI is InChI=1S/C16H28N2O/c17-5-3-1-2-4-15(19)18-16-9-12-6-13(10-16)8-14(7-12)11-16/h12-14H,1-11,17H2,(H,18,19). The highest BCUT2D eigenvalue weighted by Gasteiger charge is 2.51. The summed E-state index contributed by atoms with van der Waals surface area (Å²) in [7, 11) is 0. The van der Waals surface area contributed by atoms with E-state index in [1.54, 1.807) is 0 Å². The van der Waals surface area contributed by atoms with Crippen molar-refractivity contribution in [1.82, 2.24) is 5.32 Å². The third kappa shape index (κ3) is 2.96. The zero-order chi connectivity index (χ0) is 13.3. The van der Waals surface area contributed by atoms with Crippen LogP contribution in [0.3, 0.4) is 0 Å². The summed E-state index contributed by atoms with van der Waals surface area (Å²) in [6.07, 6.45) is 11.9. The van der Waals surface area contributed by atoms with Gasteiger partial charge >= 0.3 is 0 Å². The molecule has 0 spiro atoms. The maximum absolute atomic E-state index is 12.1. The summed E-state index contributed by atoms with van der Waals surface area (Å²) >= 11 is 0. The first-order valence-corrected chi connectivity index (χ1v) is 8.20. The Labute approximate surface area is 116 Å². The van der Waals surface area contributed by atoms with Crippen LogP contribution < -0.4 is 11.1 Å². The van der Waals surface area contributed by atoms with E-state index in [0.717, 1.165) is 43.6 Å². The van der Waals surface area contributed by atoms with Crippen molar-refractivity contribution < 1.29 is 4.79 Å². The van der Waals surface area contributed by atoms with Crippen molar-refractivity contribution in [3.63, 3.8) is 0 Å². The highest BCUT2D eigenvalue weighted by Crippen LogP contribution is 2.55. The van der Waals surface area contributed by atoms with Crippen LogP contribution in [0.1, 0.15) is 64.2 Å². The number of unbranched alkanes of at least 4 members (excludes halogenated alkanes) is 2. The number of amides is 1. The van der Waals surface area contributed by atoms with Crippen LogP contribution in [0.4, 0.5) is 0 Å². The Hall–Kier alpha value is -0.570. The molecular formula is C16H28N2O. The lowest BCUT2D eigenvalue weighted by Crippen LogP contribution is -2.59. The molecule has 4 rings (SSSR count). The van der Waals surface area contributed by atoms with Crippen molar-refractivity contribution in [2.24, 2.45) is 23.5 Å². The van der Waals surface area contributed by atoms with Gasteiger partial charge in [-0.25, -0.2) is 0 Å². The average Bonchev–Trinajstić information content (AvgIpc) is 2.32. The predicted molar refractivity (Wildman–Crippen MR) is 76.6 cm³/mol. The summed E-state index contributed by atoms with van der Waals surface area (Å²) in [5.74, 6) is 3.01. The fraction of sp³-hybridized carbons (Fsp3) is 0.938. The molecule has 0 heterocycles. The van der Waals surface area contributed by atoms with E-state index in [-0.39, 0.29) is 5.54 Å². The second-order valence-electron chi connectivity index (χ2n) is 7.35. The van der Waals surface area contributed by atoms with Crippen LogP contribution in [-0.2, 0) is 4.79 Å². The zero-order valence-electron chi connectivity index (χ0n) is 12.0. The minimum absolute atomic E-state index is 0.194. The van der Waals surface area contributed by atoms with Crippen LogP contribution in [0.5, 0.6) is 0 Å². The topological polar surface area (TPSA) is 55.1 Å². The molecule has 0 aromatic carbocycles. The maximum Gasteiger partial charge on any atom is 0.220 e. The van der Waals surface area contributed by atoms with Crippen molar-refractivity contribution >= 4 is 5.91 Å². The predicted octanol–water partition coefficient (Wildman–Crippen LogP) is 2.59. The fourth-order valence-electron chi connectivity index (χ4n) is 5.23. The van der Waals surface area contributed by atoms with Crippen LogP contribution in [0.15, 0.2) is 0 Å². The van der Waals surface area contributed by atoms with E-state index in [1.165, 1.54) is 38.5 Å². The first-order valence-electron chi connectivity index (χ1n) is 8.20. The van der Waals surface area contributed by atoms with Gasteiger partial charge in [0.1, 0.15) is 0 Å². The van der Waals surface area contributed by atoms with Gasteiger partial charge < -0.3 is 11.1 Å². The number of nitrogens with one attached hydrogen (secondary N) is 1. The van der Waals surface area contributed by atoms with Gasteiger partial charge in [-0.3, -0.25) is 4.79 Å². The van der Waals surface area contributed by atoms with Crippen LogP contribution in [-0.4, -0.2) is 18.0 Å². The van der Waals surface area contributed by atoms with Gasteiger partial charge in [0, 0.05) is 12.0 Å². The first-order chi connectivity index (χ1) is 9.19. The molecule has 0 saturated heterocycles. The molecule has 3 heteroatoms. The second kappa shape index (κ2) is 5.43. The molecule has 0 radical (unpaired) electrons. The highest BCUT2D eigenvalue weighted by atomic mass is 16.1. The molecule has 0 aromatic rings. The van der Waals surface area contributed by atoms with Crippen molar-refractivity contribution in [3.05, 3.63) is 0 Å². The summed E-state index contributed by atoms with van der Waals surface area (Å²) in [5.41, 5.74) is 5.67. The Morgan fingerprint density at radius 2 is 1.58 bits per heavy atom. The first kappa shape index (κ1) is 13.4. The Morgan fingerprint density at radius 3 is 2.11 bits per heavy atom. The molecule has 4 saturated carbocycles. The zero-order valence-corrected chi connectivity index (χ0v) is 12.0. The number of hydrogen-bond acceptors (Lipinski definition) is 2. The molecule has 3 nitrogen and oxygen atoms in total. The minimum atomic E-state index is 0.194. The molecule has 19 heavy (non-hydrogen) atoms. The van der Waals surface area contributed by atoms with E-state index < -0.39 is 0 Å². The van der Waals surface area contributed by atoms with Gasteiger partial charge in [-0.2, -0.15) is 0 Å². The number of rotatable bonds is 6. The quantitative estimate of drug-likeness (QED) is 0.725. The number of carbonyl (C=O) groups excluding carboxylic acids is 1. The average molecular weight is 264 g/mol. The van der Waals surface area contributed by atoms with Gasteiger partial charge in [0.25, 0.3) is 0 Å². The van der Waals surface area contributed by atoms with Gasteiger partial charge in [-0.15, -0.1) is 0 Å². The number of nitrogens with two attached hydrogens (primary N) is 1. The normalized spacial score (nSPS) is 39.5. The van der Waals surface area contributed by atoms with E-state index in [0.29, 0.717) is 12.3 Å². The molecule has 0 aromatic heterocycles. The highest BCUT2D eigenvalue weighted by molar-refractivity contribution is 5.76. The number of hydrogen-bond donors (Lipinski definition) is 2. The van der Waals surface area contributed by atoms with Crippen molar-refractivity contribution in [2.45, 2.75) is 69.7 Å². The van der Waals surface area contributed by atoms with E-state index in [9.17, 15) is 4.79 Å². The van der Waals surface area contributed by atoms with Gasteiger partial charge in [-0.1, -0.05) is 6.42 Å². The van der Waals surface area contributed by atoms with Crippen LogP contribution in [0, 0.1) is 17.8 Å². The summed E-state index contributed by atoms with van der Waals surface area (Å²) in [4.78, 5) is 12.1. The maximum atomic E-state index is 12.1. The van der Waals surface area contributed by atoms with E-state index in [1.807, 2.05) is 0 Å². The summed E-state index contributed by atoms with van der Waals surface area (Å²) in [6, 6.07) is 0. The van der Waals surface area contributed by atoms with E-state index in [2.05, 4.69) is 5.32 Å². The lowest BCUT2D eigenvalue weighted by Gasteiger charge is -2.56. The van der Waals surface area contributed by atoms with Crippen molar-refractivity contribution in [2.75, 3.05) is 6.54 Å². The molecule has 3 N–H and O–H groups in total. The van der Waals surface area contributed by atoms with Gasteiger partial charge in [0.15, 0.2) is 0 Å². The van der Waals surface area contributed by atoms with Gasteiger partial charge in [0.2, 0.25) is 5.91 Å². The smallest absolute Gasteiger partial charge is 0.220 e.